The van der Waals surface area contributed by atoms with Crippen LogP contribution in [0.3, 0.4) is 0 Å². The van der Waals surface area contributed by atoms with E-state index in [4.69, 9.17) is 4.42 Å². The molecule has 1 N–H and O–H groups in total. The van der Waals surface area contributed by atoms with Crippen LogP contribution in [0.4, 0.5) is 8.78 Å². The normalized spacial score (nSPS) is 12.7. The summed E-state index contributed by atoms with van der Waals surface area (Å²) in [5.41, 5.74) is 0.205. The topological polar surface area (TPSA) is 38.1 Å². The molecule has 0 aliphatic rings. The summed E-state index contributed by atoms with van der Waals surface area (Å²) in [6.07, 6.45) is 1.35. The molecule has 5 heteroatoms. The number of hydrogen-bond donors (Lipinski definition) is 1. The zero-order valence-corrected chi connectivity index (χ0v) is 11.1. The van der Waals surface area contributed by atoms with Crippen LogP contribution in [0, 0.1) is 18.6 Å². The van der Waals surface area contributed by atoms with Gasteiger partial charge in [0.05, 0.1) is 17.8 Å². The van der Waals surface area contributed by atoms with Crippen molar-refractivity contribution in [1.29, 1.82) is 0 Å². The van der Waals surface area contributed by atoms with Gasteiger partial charge in [-0.15, -0.1) is 0 Å². The van der Waals surface area contributed by atoms with E-state index in [9.17, 15) is 8.78 Å². The summed E-state index contributed by atoms with van der Waals surface area (Å²) >= 11 is 0. The summed E-state index contributed by atoms with van der Waals surface area (Å²) in [6, 6.07) is 2.52. The number of halogens is 2. The first kappa shape index (κ1) is 13.7. The van der Waals surface area contributed by atoms with E-state index < -0.39 is 11.6 Å². The van der Waals surface area contributed by atoms with Crippen molar-refractivity contribution in [2.24, 2.45) is 0 Å². The number of nitrogens with one attached hydrogen (secondary N) is 1. The summed E-state index contributed by atoms with van der Waals surface area (Å²) in [4.78, 5) is 4.06. The lowest BCUT2D eigenvalue weighted by Gasteiger charge is -2.07. The molecule has 0 radical (unpaired) electrons. The highest BCUT2D eigenvalue weighted by atomic mass is 19.1. The van der Waals surface area contributed by atoms with Crippen molar-refractivity contribution in [3.63, 3.8) is 0 Å². The third-order valence-electron chi connectivity index (χ3n) is 2.93. The van der Waals surface area contributed by atoms with Gasteiger partial charge in [0.1, 0.15) is 11.6 Å². The maximum Gasteiger partial charge on any atom is 0.211 e. The Balaban J connectivity index is 2.41. The van der Waals surface area contributed by atoms with Crippen molar-refractivity contribution < 1.29 is 13.2 Å². The molecule has 19 heavy (non-hydrogen) atoms. The van der Waals surface area contributed by atoms with Crippen LogP contribution in [0.5, 0.6) is 0 Å². The Labute approximate surface area is 110 Å². The maximum atomic E-state index is 14.0. The maximum absolute atomic E-state index is 14.0. The van der Waals surface area contributed by atoms with Gasteiger partial charge in [0.25, 0.3) is 0 Å². The largest absolute Gasteiger partial charge is 0.439 e. The average Bonchev–Trinajstić information content (AvgIpc) is 2.84. The van der Waals surface area contributed by atoms with E-state index in [0.717, 1.165) is 6.54 Å². The first-order valence-electron chi connectivity index (χ1n) is 6.18. The number of hydrogen-bond acceptors (Lipinski definition) is 3. The van der Waals surface area contributed by atoms with Crippen LogP contribution in [0.25, 0.3) is 11.3 Å². The van der Waals surface area contributed by atoms with Gasteiger partial charge >= 0.3 is 0 Å². The Hall–Kier alpha value is -1.75. The molecule has 0 amide bonds. The lowest BCUT2D eigenvalue weighted by molar-refractivity contribution is 0.425. The molecule has 0 fully saturated rings. The molecule has 0 aliphatic carbocycles. The molecule has 1 aromatic heterocycles. The lowest BCUT2D eigenvalue weighted by Crippen LogP contribution is -2.17. The molecule has 1 aromatic carbocycles. The predicted molar refractivity (Wildman–Crippen MR) is 68.7 cm³/mol. The lowest BCUT2D eigenvalue weighted by atomic mass is 10.1. The molecule has 102 valence electrons. The molecule has 2 aromatic rings. The minimum absolute atomic E-state index is 0.102. The molecule has 1 heterocycles. The Morgan fingerprint density at radius 3 is 2.79 bits per heavy atom. The summed E-state index contributed by atoms with van der Waals surface area (Å²) < 4.78 is 33.1. The first-order chi connectivity index (χ1) is 9.04. The monoisotopic (exact) mass is 266 g/mol. The average molecular weight is 266 g/mol. The fourth-order valence-corrected chi connectivity index (χ4v) is 1.88. The number of rotatable bonds is 4. The van der Waals surface area contributed by atoms with Crippen LogP contribution in [0.2, 0.25) is 0 Å². The SMILES string of the molecule is CCNC(C)c1ncc(-c2c(F)ccc(C)c2F)o1. The standard InChI is InChI=1S/C14H16F2N2O/c1-4-17-9(3)14-18-7-11(19-14)12-10(15)6-5-8(2)13(12)16/h5-7,9,17H,4H2,1-3H3. The Morgan fingerprint density at radius 2 is 2.11 bits per heavy atom. The summed E-state index contributed by atoms with van der Waals surface area (Å²) in [5, 5.41) is 3.12. The van der Waals surface area contributed by atoms with Gasteiger partial charge in [0.15, 0.2) is 5.76 Å². The van der Waals surface area contributed by atoms with Crippen LogP contribution < -0.4 is 5.32 Å². The molecule has 0 aliphatic heterocycles. The van der Waals surface area contributed by atoms with Crippen LogP contribution >= 0.6 is 0 Å². The van der Waals surface area contributed by atoms with E-state index in [2.05, 4.69) is 10.3 Å². The number of aromatic nitrogens is 1. The molecule has 0 spiro atoms. The number of aryl methyl sites for hydroxylation is 1. The van der Waals surface area contributed by atoms with Crippen molar-refractivity contribution >= 4 is 0 Å². The van der Waals surface area contributed by atoms with E-state index in [-0.39, 0.29) is 17.4 Å². The zero-order valence-electron chi connectivity index (χ0n) is 11.1. The summed E-state index contributed by atoms with van der Waals surface area (Å²) in [7, 11) is 0. The highest BCUT2D eigenvalue weighted by molar-refractivity contribution is 5.59. The fraction of sp³-hybridized carbons (Fsp3) is 0.357. The van der Waals surface area contributed by atoms with Crippen molar-refractivity contribution in [1.82, 2.24) is 10.3 Å². The second-order valence-corrected chi connectivity index (χ2v) is 4.40. The second-order valence-electron chi connectivity index (χ2n) is 4.40. The summed E-state index contributed by atoms with van der Waals surface area (Å²) in [6.45, 7) is 6.17. The third-order valence-corrected chi connectivity index (χ3v) is 2.93. The molecule has 1 atom stereocenters. The Morgan fingerprint density at radius 1 is 1.37 bits per heavy atom. The van der Waals surface area contributed by atoms with Gasteiger partial charge in [0, 0.05) is 0 Å². The molecule has 0 saturated heterocycles. The Kier molecular flexibility index (Phi) is 3.95. The van der Waals surface area contributed by atoms with Crippen molar-refractivity contribution in [2.45, 2.75) is 26.8 Å². The highest BCUT2D eigenvalue weighted by Gasteiger charge is 2.19. The van der Waals surface area contributed by atoms with Gasteiger partial charge in [-0.3, -0.25) is 0 Å². The molecule has 0 saturated carbocycles. The number of benzene rings is 1. The van der Waals surface area contributed by atoms with Crippen LogP contribution in [-0.4, -0.2) is 11.5 Å². The van der Waals surface area contributed by atoms with E-state index in [1.807, 2.05) is 13.8 Å². The van der Waals surface area contributed by atoms with E-state index in [1.165, 1.54) is 18.3 Å². The molecule has 1 unspecified atom stereocenters. The van der Waals surface area contributed by atoms with E-state index in [1.54, 1.807) is 6.92 Å². The number of nitrogens with zero attached hydrogens (tertiary/aromatic N) is 1. The smallest absolute Gasteiger partial charge is 0.211 e. The van der Waals surface area contributed by atoms with Gasteiger partial charge in [-0.1, -0.05) is 13.0 Å². The van der Waals surface area contributed by atoms with Gasteiger partial charge in [-0.05, 0) is 32.0 Å². The van der Waals surface area contributed by atoms with Gasteiger partial charge in [-0.2, -0.15) is 0 Å². The quantitative estimate of drug-likeness (QED) is 0.918. The molecule has 3 nitrogen and oxygen atoms in total. The molecular formula is C14H16F2N2O. The van der Waals surface area contributed by atoms with E-state index in [0.29, 0.717) is 11.5 Å². The van der Waals surface area contributed by atoms with Crippen LogP contribution in [-0.2, 0) is 0 Å². The fourth-order valence-electron chi connectivity index (χ4n) is 1.88. The third kappa shape index (κ3) is 2.66. The number of oxazole rings is 1. The second kappa shape index (κ2) is 5.48. The summed E-state index contributed by atoms with van der Waals surface area (Å²) in [5.74, 6) is -0.740. The zero-order chi connectivity index (χ0) is 14.0. The van der Waals surface area contributed by atoms with Crippen LogP contribution in [0.1, 0.15) is 31.3 Å². The molecular weight excluding hydrogens is 250 g/mol. The van der Waals surface area contributed by atoms with Crippen molar-refractivity contribution in [3.8, 4) is 11.3 Å². The van der Waals surface area contributed by atoms with Gasteiger partial charge in [-0.25, -0.2) is 13.8 Å². The first-order valence-corrected chi connectivity index (χ1v) is 6.18. The van der Waals surface area contributed by atoms with Crippen LogP contribution in [0.15, 0.2) is 22.7 Å². The van der Waals surface area contributed by atoms with Crippen molar-refractivity contribution in [3.05, 3.63) is 41.4 Å². The predicted octanol–water partition coefficient (Wildman–Crippen LogP) is 3.60. The molecule has 2 rings (SSSR count). The highest BCUT2D eigenvalue weighted by Crippen LogP contribution is 2.29. The minimum atomic E-state index is -0.651. The van der Waals surface area contributed by atoms with E-state index >= 15 is 0 Å². The minimum Gasteiger partial charge on any atom is -0.439 e. The molecule has 0 bridgehead atoms. The van der Waals surface area contributed by atoms with Crippen molar-refractivity contribution in [2.75, 3.05) is 6.54 Å². The Bertz CT molecular complexity index is 581. The van der Waals surface area contributed by atoms with Gasteiger partial charge in [0.2, 0.25) is 5.89 Å². The van der Waals surface area contributed by atoms with Gasteiger partial charge < -0.3 is 9.73 Å².